The quantitative estimate of drug-likeness (QED) is 0.512. The van der Waals surface area contributed by atoms with Crippen LogP contribution in [0.15, 0.2) is 64.0 Å². The van der Waals surface area contributed by atoms with Crippen LogP contribution in [0.3, 0.4) is 0 Å². The lowest BCUT2D eigenvalue weighted by Crippen LogP contribution is -2.44. The second-order valence-electron chi connectivity index (χ2n) is 7.29. The summed E-state index contributed by atoms with van der Waals surface area (Å²) in [5.74, 6) is 1.21. The van der Waals surface area contributed by atoms with Crippen LogP contribution in [-0.4, -0.2) is 53.7 Å². The molecule has 3 rings (SSSR count). The number of benzene rings is 2. The Morgan fingerprint density at radius 2 is 1.79 bits per heavy atom. The first-order valence-electron chi connectivity index (χ1n) is 10.1. The van der Waals surface area contributed by atoms with Gasteiger partial charge in [-0.05, 0) is 49.2 Å². The van der Waals surface area contributed by atoms with Gasteiger partial charge >= 0.3 is 0 Å². The van der Waals surface area contributed by atoms with Crippen molar-refractivity contribution in [2.45, 2.75) is 37.1 Å². The molecule has 5 heteroatoms. The summed E-state index contributed by atoms with van der Waals surface area (Å²) in [5.41, 5.74) is 1.30. The van der Waals surface area contributed by atoms with Crippen molar-refractivity contribution in [3.63, 3.8) is 0 Å². The van der Waals surface area contributed by atoms with Crippen LogP contribution in [0.1, 0.15) is 25.3 Å². The largest absolute Gasteiger partial charge is 0.337 e. The molecule has 1 aliphatic heterocycles. The van der Waals surface area contributed by atoms with Gasteiger partial charge in [-0.2, -0.15) is 0 Å². The van der Waals surface area contributed by atoms with Crippen molar-refractivity contribution < 1.29 is 4.79 Å². The minimum absolute atomic E-state index is 0.213. The van der Waals surface area contributed by atoms with Crippen LogP contribution in [0.4, 0.5) is 0 Å². The topological polar surface area (TPSA) is 23.6 Å². The standard InChI is InChI=1S/C23H29BrN2OS/c1-2-13-25-14-12-23(27)26(16-15-25)21(17-19-6-4-3-5-7-19)18-28-22-10-8-20(24)9-11-22/h3-11,21H,2,12-18H2,1H3/t21-/m0/s1. The monoisotopic (exact) mass is 460 g/mol. The summed E-state index contributed by atoms with van der Waals surface area (Å²) in [5, 5.41) is 0. The van der Waals surface area contributed by atoms with Crippen molar-refractivity contribution in [3.05, 3.63) is 64.6 Å². The van der Waals surface area contributed by atoms with Gasteiger partial charge in [-0.3, -0.25) is 4.79 Å². The summed E-state index contributed by atoms with van der Waals surface area (Å²) >= 11 is 5.34. The lowest BCUT2D eigenvalue weighted by Gasteiger charge is -2.31. The zero-order valence-corrected chi connectivity index (χ0v) is 18.9. The third-order valence-electron chi connectivity index (χ3n) is 5.17. The Kier molecular flexibility index (Phi) is 8.44. The number of carbonyl (C=O) groups excluding carboxylic acids is 1. The van der Waals surface area contributed by atoms with Gasteiger partial charge in [0, 0.05) is 47.2 Å². The Morgan fingerprint density at radius 1 is 1.04 bits per heavy atom. The Hall–Kier alpha value is -1.30. The molecule has 1 fully saturated rings. The van der Waals surface area contributed by atoms with E-state index in [1.54, 1.807) is 0 Å². The van der Waals surface area contributed by atoms with E-state index < -0.39 is 0 Å². The smallest absolute Gasteiger partial charge is 0.224 e. The van der Waals surface area contributed by atoms with E-state index in [9.17, 15) is 4.79 Å². The van der Waals surface area contributed by atoms with Crippen molar-refractivity contribution in [2.24, 2.45) is 0 Å². The van der Waals surface area contributed by atoms with Crippen LogP contribution in [-0.2, 0) is 11.2 Å². The summed E-state index contributed by atoms with van der Waals surface area (Å²) in [6, 6.07) is 19.2. The zero-order valence-electron chi connectivity index (χ0n) is 16.5. The molecule has 1 aliphatic rings. The zero-order chi connectivity index (χ0) is 19.8. The molecule has 1 amide bonds. The molecule has 1 atom stereocenters. The Labute approximate surface area is 181 Å². The molecule has 0 radical (unpaired) electrons. The first-order chi connectivity index (χ1) is 13.7. The molecule has 0 spiro atoms. The minimum Gasteiger partial charge on any atom is -0.337 e. The summed E-state index contributed by atoms with van der Waals surface area (Å²) in [7, 11) is 0. The van der Waals surface area contributed by atoms with Gasteiger partial charge in [0.25, 0.3) is 0 Å². The predicted octanol–water partition coefficient (Wildman–Crippen LogP) is 5.10. The second kappa shape index (κ2) is 11.0. The van der Waals surface area contributed by atoms with E-state index in [1.165, 1.54) is 10.5 Å². The van der Waals surface area contributed by atoms with Gasteiger partial charge in [0.2, 0.25) is 5.91 Å². The molecule has 2 aromatic carbocycles. The molecule has 0 aliphatic carbocycles. The van der Waals surface area contributed by atoms with E-state index in [2.05, 4.69) is 87.3 Å². The number of hydrogen-bond donors (Lipinski definition) is 0. The molecule has 0 aromatic heterocycles. The predicted molar refractivity (Wildman–Crippen MR) is 122 cm³/mol. The summed E-state index contributed by atoms with van der Waals surface area (Å²) < 4.78 is 1.09. The number of amides is 1. The number of hydrogen-bond acceptors (Lipinski definition) is 3. The molecule has 1 heterocycles. The van der Waals surface area contributed by atoms with Gasteiger partial charge in [0.15, 0.2) is 0 Å². The van der Waals surface area contributed by atoms with Crippen LogP contribution < -0.4 is 0 Å². The number of rotatable bonds is 8. The molecule has 3 nitrogen and oxygen atoms in total. The fraction of sp³-hybridized carbons (Fsp3) is 0.435. The molecular formula is C23H29BrN2OS. The van der Waals surface area contributed by atoms with Crippen molar-refractivity contribution in [2.75, 3.05) is 31.9 Å². The van der Waals surface area contributed by atoms with E-state index in [0.29, 0.717) is 12.3 Å². The fourth-order valence-electron chi connectivity index (χ4n) is 3.68. The molecule has 28 heavy (non-hydrogen) atoms. The maximum Gasteiger partial charge on any atom is 0.224 e. The van der Waals surface area contributed by atoms with Crippen molar-refractivity contribution in [3.8, 4) is 0 Å². The van der Waals surface area contributed by atoms with Gasteiger partial charge in [-0.25, -0.2) is 0 Å². The van der Waals surface area contributed by atoms with E-state index in [0.717, 1.165) is 49.2 Å². The summed E-state index contributed by atoms with van der Waals surface area (Å²) in [6.07, 6.45) is 2.68. The van der Waals surface area contributed by atoms with Crippen LogP contribution in [0.2, 0.25) is 0 Å². The van der Waals surface area contributed by atoms with Crippen molar-refractivity contribution >= 4 is 33.6 Å². The first-order valence-corrected chi connectivity index (χ1v) is 11.9. The molecule has 150 valence electrons. The maximum absolute atomic E-state index is 12.9. The summed E-state index contributed by atoms with van der Waals surface area (Å²) in [6.45, 7) is 5.99. The molecule has 0 unspecified atom stereocenters. The van der Waals surface area contributed by atoms with Gasteiger partial charge < -0.3 is 9.80 Å². The highest BCUT2D eigenvalue weighted by Crippen LogP contribution is 2.25. The third-order valence-corrected chi connectivity index (χ3v) is 6.86. The molecule has 1 saturated heterocycles. The van der Waals surface area contributed by atoms with Gasteiger partial charge in [-0.1, -0.05) is 53.2 Å². The highest BCUT2D eigenvalue weighted by molar-refractivity contribution is 9.10. The molecule has 0 saturated carbocycles. The van der Waals surface area contributed by atoms with E-state index in [4.69, 9.17) is 0 Å². The fourth-order valence-corrected chi connectivity index (χ4v) is 4.95. The van der Waals surface area contributed by atoms with Crippen molar-refractivity contribution in [1.29, 1.82) is 0 Å². The number of nitrogens with zero attached hydrogens (tertiary/aromatic N) is 2. The highest BCUT2D eigenvalue weighted by Gasteiger charge is 2.27. The average molecular weight is 461 g/mol. The van der Waals surface area contributed by atoms with Crippen LogP contribution >= 0.6 is 27.7 Å². The van der Waals surface area contributed by atoms with Gasteiger partial charge in [-0.15, -0.1) is 11.8 Å². The maximum atomic E-state index is 12.9. The van der Waals surface area contributed by atoms with E-state index in [1.807, 2.05) is 11.8 Å². The molecule has 0 bridgehead atoms. The highest BCUT2D eigenvalue weighted by atomic mass is 79.9. The first kappa shape index (κ1) is 21.4. The molecular weight excluding hydrogens is 432 g/mol. The van der Waals surface area contributed by atoms with Gasteiger partial charge in [0.05, 0.1) is 0 Å². The second-order valence-corrected chi connectivity index (χ2v) is 9.30. The lowest BCUT2D eigenvalue weighted by atomic mass is 10.1. The SMILES string of the molecule is CCCN1CCC(=O)N([C@H](CSc2ccc(Br)cc2)Cc2ccccc2)CC1. The van der Waals surface area contributed by atoms with Gasteiger partial charge in [0.1, 0.15) is 0 Å². The molecule has 2 aromatic rings. The lowest BCUT2D eigenvalue weighted by molar-refractivity contribution is -0.132. The number of carbonyl (C=O) groups is 1. The summed E-state index contributed by atoms with van der Waals surface area (Å²) in [4.78, 5) is 18.8. The third kappa shape index (κ3) is 6.36. The van der Waals surface area contributed by atoms with Crippen LogP contribution in [0.5, 0.6) is 0 Å². The number of halogens is 1. The Morgan fingerprint density at radius 3 is 2.50 bits per heavy atom. The normalized spacial score (nSPS) is 16.8. The van der Waals surface area contributed by atoms with Crippen molar-refractivity contribution in [1.82, 2.24) is 9.80 Å². The van der Waals surface area contributed by atoms with E-state index >= 15 is 0 Å². The average Bonchev–Trinajstić information content (AvgIpc) is 2.89. The van der Waals surface area contributed by atoms with Crippen LogP contribution in [0, 0.1) is 0 Å². The Bertz CT molecular complexity index is 738. The van der Waals surface area contributed by atoms with E-state index in [-0.39, 0.29) is 6.04 Å². The Balaban J connectivity index is 1.72. The van der Waals surface area contributed by atoms with Crippen LogP contribution in [0.25, 0.3) is 0 Å². The molecule has 0 N–H and O–H groups in total. The number of thioether (sulfide) groups is 1. The minimum atomic E-state index is 0.213.